The molecular weight excluding hydrogens is 242 g/mol. The van der Waals surface area contributed by atoms with Crippen LogP contribution in [0.4, 0.5) is 0 Å². The summed E-state index contributed by atoms with van der Waals surface area (Å²) in [4.78, 5) is 28.1. The van der Waals surface area contributed by atoms with Crippen LogP contribution in [0.1, 0.15) is 44.8 Å². The highest BCUT2D eigenvalue weighted by atomic mass is 16.4. The van der Waals surface area contributed by atoms with Crippen LogP contribution in [0, 0.1) is 6.92 Å². The summed E-state index contributed by atoms with van der Waals surface area (Å²) in [6, 6.07) is 5.50. The summed E-state index contributed by atoms with van der Waals surface area (Å²) >= 11 is 0. The number of Topliss-reactive ketones (excluding diaryl/α,β-unsaturated/α-hetero) is 1. The van der Waals surface area contributed by atoms with Gasteiger partial charge in [-0.3, -0.25) is 9.78 Å². The Bertz CT molecular complexity index is 719. The number of aryl methyl sites for hydroxylation is 2. The van der Waals surface area contributed by atoms with Gasteiger partial charge in [0.2, 0.25) is 0 Å². The van der Waals surface area contributed by atoms with Crippen molar-refractivity contribution in [3.05, 3.63) is 40.6 Å². The lowest BCUT2D eigenvalue weighted by molar-refractivity contribution is 0.0693. The average Bonchev–Trinajstić information content (AvgIpc) is 2.36. The van der Waals surface area contributed by atoms with Gasteiger partial charge >= 0.3 is 5.97 Å². The fraction of sp³-hybridized carbons (Fsp3) is 0.267. The van der Waals surface area contributed by atoms with Crippen molar-refractivity contribution in [3.63, 3.8) is 0 Å². The van der Waals surface area contributed by atoms with Gasteiger partial charge in [-0.1, -0.05) is 11.6 Å². The number of aromatic carboxylic acids is 1. The highest BCUT2D eigenvalue weighted by Crippen LogP contribution is 2.29. The molecule has 0 aliphatic heterocycles. The van der Waals surface area contributed by atoms with Gasteiger partial charge in [-0.15, -0.1) is 0 Å². The molecule has 0 radical (unpaired) electrons. The maximum atomic E-state index is 12.0. The molecule has 0 fully saturated rings. The lowest BCUT2D eigenvalue weighted by Gasteiger charge is -2.17. The Kier molecular flexibility index (Phi) is 2.59. The van der Waals surface area contributed by atoms with Crippen LogP contribution >= 0.6 is 0 Å². The second-order valence-corrected chi connectivity index (χ2v) is 4.91. The molecule has 1 aliphatic rings. The van der Waals surface area contributed by atoms with Crippen molar-refractivity contribution in [1.29, 1.82) is 0 Å². The van der Waals surface area contributed by atoms with E-state index in [0.29, 0.717) is 35.0 Å². The number of nitrogens with zero attached hydrogens (tertiary/aromatic N) is 1. The lowest BCUT2D eigenvalue weighted by Crippen LogP contribution is -2.18. The van der Waals surface area contributed by atoms with Gasteiger partial charge in [-0.2, -0.15) is 0 Å². The van der Waals surface area contributed by atoms with Crippen molar-refractivity contribution in [2.75, 3.05) is 0 Å². The number of ketones is 1. The minimum absolute atomic E-state index is 0.102. The molecule has 0 saturated heterocycles. The van der Waals surface area contributed by atoms with Gasteiger partial charge < -0.3 is 5.11 Å². The zero-order valence-corrected chi connectivity index (χ0v) is 10.6. The molecule has 0 saturated carbocycles. The number of pyridine rings is 1. The predicted molar refractivity (Wildman–Crippen MR) is 70.7 cm³/mol. The lowest BCUT2D eigenvalue weighted by atomic mass is 9.88. The molecule has 4 nitrogen and oxygen atoms in total. The molecule has 1 heterocycles. The predicted octanol–water partition coefficient (Wildman–Crippen LogP) is 2.76. The fourth-order valence-corrected chi connectivity index (χ4v) is 2.67. The maximum absolute atomic E-state index is 12.0. The number of rotatable bonds is 1. The summed E-state index contributed by atoms with van der Waals surface area (Å²) in [5.74, 6) is -1.15. The Labute approximate surface area is 110 Å². The summed E-state index contributed by atoms with van der Waals surface area (Å²) in [5.41, 5.74) is 2.67. The highest BCUT2D eigenvalue weighted by Gasteiger charge is 2.27. The molecule has 96 valence electrons. The van der Waals surface area contributed by atoms with Gasteiger partial charge in [-0.05, 0) is 31.9 Å². The van der Waals surface area contributed by atoms with E-state index in [0.717, 1.165) is 12.0 Å². The van der Waals surface area contributed by atoms with E-state index in [1.165, 1.54) is 0 Å². The van der Waals surface area contributed by atoms with Gasteiger partial charge in [-0.25, -0.2) is 4.79 Å². The van der Waals surface area contributed by atoms with Crippen LogP contribution in [0.2, 0.25) is 0 Å². The number of carboxylic acid groups (broad SMARTS) is 1. The number of hydrogen-bond acceptors (Lipinski definition) is 3. The highest BCUT2D eigenvalue weighted by molar-refractivity contribution is 6.14. The van der Waals surface area contributed by atoms with Gasteiger partial charge in [0.25, 0.3) is 0 Å². The van der Waals surface area contributed by atoms with Crippen molar-refractivity contribution >= 4 is 22.7 Å². The summed E-state index contributed by atoms with van der Waals surface area (Å²) in [6.07, 6.45) is 1.83. The number of carbonyl (C=O) groups excluding carboxylic acids is 1. The number of hydrogen-bond donors (Lipinski definition) is 1. The van der Waals surface area contributed by atoms with Crippen LogP contribution < -0.4 is 0 Å². The van der Waals surface area contributed by atoms with E-state index >= 15 is 0 Å². The summed E-state index contributed by atoms with van der Waals surface area (Å²) in [5, 5.41) is 10.0. The third kappa shape index (κ3) is 1.80. The van der Waals surface area contributed by atoms with Crippen molar-refractivity contribution in [1.82, 2.24) is 4.98 Å². The molecule has 0 amide bonds. The van der Waals surface area contributed by atoms with Gasteiger partial charge in [0.15, 0.2) is 5.78 Å². The Hall–Kier alpha value is -2.23. The van der Waals surface area contributed by atoms with Crippen LogP contribution in [0.15, 0.2) is 18.2 Å². The Morgan fingerprint density at radius 1 is 1.32 bits per heavy atom. The van der Waals surface area contributed by atoms with E-state index in [1.54, 1.807) is 6.07 Å². The van der Waals surface area contributed by atoms with Crippen LogP contribution in [0.3, 0.4) is 0 Å². The molecule has 0 spiro atoms. The third-order valence-electron chi connectivity index (χ3n) is 3.53. The van der Waals surface area contributed by atoms with Crippen molar-refractivity contribution < 1.29 is 14.7 Å². The van der Waals surface area contributed by atoms with Crippen LogP contribution in [-0.4, -0.2) is 21.8 Å². The number of aromatic nitrogens is 1. The first-order valence-electron chi connectivity index (χ1n) is 6.27. The molecule has 1 aromatic carbocycles. The van der Waals surface area contributed by atoms with Crippen molar-refractivity contribution in [2.45, 2.75) is 26.2 Å². The largest absolute Gasteiger partial charge is 0.478 e. The first kappa shape index (κ1) is 11.8. The number of fused-ring (bicyclic) bond motifs is 2. The van der Waals surface area contributed by atoms with Crippen molar-refractivity contribution in [3.8, 4) is 0 Å². The normalized spacial score (nSPS) is 14.5. The van der Waals surface area contributed by atoms with E-state index in [9.17, 15) is 14.7 Å². The summed E-state index contributed by atoms with van der Waals surface area (Å²) < 4.78 is 0. The van der Waals surface area contributed by atoms with E-state index in [2.05, 4.69) is 4.98 Å². The molecule has 0 bridgehead atoms. The van der Waals surface area contributed by atoms with Crippen LogP contribution in [0.5, 0.6) is 0 Å². The summed E-state index contributed by atoms with van der Waals surface area (Å²) in [6.45, 7) is 1.90. The first-order chi connectivity index (χ1) is 9.08. The van der Waals surface area contributed by atoms with E-state index in [1.807, 2.05) is 19.1 Å². The van der Waals surface area contributed by atoms with Crippen LogP contribution in [-0.2, 0) is 6.42 Å². The van der Waals surface area contributed by atoms with Gasteiger partial charge in [0, 0.05) is 11.8 Å². The average molecular weight is 255 g/mol. The molecule has 1 N–H and O–H groups in total. The zero-order valence-electron chi connectivity index (χ0n) is 10.6. The van der Waals surface area contributed by atoms with Gasteiger partial charge in [0.05, 0.1) is 22.3 Å². The molecule has 0 atom stereocenters. The SMILES string of the molecule is Cc1ccc2nc3c(c(C(=O)O)c2c1)C(=O)CCC3. The standard InChI is InChI=1S/C15H13NO3/c1-8-5-6-10-9(7-8)13(15(18)19)14-11(16-10)3-2-4-12(14)17/h5-7H,2-4H2,1H3,(H,18,19). The zero-order chi connectivity index (χ0) is 13.6. The number of benzene rings is 1. The Morgan fingerprint density at radius 2 is 2.11 bits per heavy atom. The molecule has 4 heteroatoms. The van der Waals surface area contributed by atoms with E-state index in [-0.39, 0.29) is 11.3 Å². The smallest absolute Gasteiger partial charge is 0.337 e. The van der Waals surface area contributed by atoms with E-state index in [4.69, 9.17) is 0 Å². The molecule has 1 aromatic heterocycles. The van der Waals surface area contributed by atoms with E-state index < -0.39 is 5.97 Å². The third-order valence-corrected chi connectivity index (χ3v) is 3.53. The molecule has 1 aliphatic carbocycles. The van der Waals surface area contributed by atoms with Crippen molar-refractivity contribution in [2.24, 2.45) is 0 Å². The fourth-order valence-electron chi connectivity index (χ4n) is 2.67. The quantitative estimate of drug-likeness (QED) is 0.850. The maximum Gasteiger partial charge on any atom is 0.337 e. The number of carboxylic acids is 1. The molecule has 2 aromatic rings. The minimum atomic E-state index is -1.05. The Morgan fingerprint density at radius 3 is 2.84 bits per heavy atom. The minimum Gasteiger partial charge on any atom is -0.478 e. The van der Waals surface area contributed by atoms with Gasteiger partial charge in [0.1, 0.15) is 0 Å². The second-order valence-electron chi connectivity index (χ2n) is 4.91. The second kappa shape index (κ2) is 4.16. The monoisotopic (exact) mass is 255 g/mol. The molecule has 0 unspecified atom stereocenters. The molecule has 19 heavy (non-hydrogen) atoms. The first-order valence-corrected chi connectivity index (χ1v) is 6.27. The van der Waals surface area contributed by atoms with Crippen LogP contribution in [0.25, 0.3) is 10.9 Å². The summed E-state index contributed by atoms with van der Waals surface area (Å²) in [7, 11) is 0. The topological polar surface area (TPSA) is 67.3 Å². The molecule has 3 rings (SSSR count). The Balaban J connectivity index is 2.47. The molecular formula is C15H13NO3. The number of carbonyl (C=O) groups is 2.